The standard InChI is InChI=1S/C24H35N3O3S/c1-7-19-11-13-20(14-12-19)23(26(5)6)17-25-24(28)22-16-21(15-10-18(22)4)31(29,30)27(8-2)9-3/h10-16,23H,7-9,17H2,1-6H3,(H,25,28). The van der Waals surface area contributed by atoms with Crippen molar-refractivity contribution in [1.82, 2.24) is 14.5 Å². The van der Waals surface area contributed by atoms with E-state index in [0.717, 1.165) is 17.5 Å². The largest absolute Gasteiger partial charge is 0.350 e. The van der Waals surface area contributed by atoms with E-state index in [9.17, 15) is 13.2 Å². The van der Waals surface area contributed by atoms with Gasteiger partial charge in [0.2, 0.25) is 10.0 Å². The molecule has 0 saturated heterocycles. The predicted molar refractivity (Wildman–Crippen MR) is 126 cm³/mol. The first kappa shape index (κ1) is 25.0. The number of carbonyl (C=O) groups excluding carboxylic acids is 1. The lowest BCUT2D eigenvalue weighted by molar-refractivity contribution is 0.0941. The van der Waals surface area contributed by atoms with E-state index < -0.39 is 10.0 Å². The number of rotatable bonds is 10. The minimum Gasteiger partial charge on any atom is -0.350 e. The highest BCUT2D eigenvalue weighted by atomic mass is 32.2. The van der Waals surface area contributed by atoms with Gasteiger partial charge in [-0.05, 0) is 56.3 Å². The van der Waals surface area contributed by atoms with Crippen molar-refractivity contribution in [3.63, 3.8) is 0 Å². The van der Waals surface area contributed by atoms with Crippen molar-refractivity contribution in [3.05, 3.63) is 64.7 Å². The number of nitrogens with one attached hydrogen (secondary N) is 1. The number of carbonyl (C=O) groups is 1. The van der Waals surface area contributed by atoms with Crippen molar-refractivity contribution in [3.8, 4) is 0 Å². The summed E-state index contributed by atoms with van der Waals surface area (Å²) in [4.78, 5) is 15.2. The number of nitrogens with zero attached hydrogens (tertiary/aromatic N) is 2. The van der Waals surface area contributed by atoms with Crippen LogP contribution in [0.25, 0.3) is 0 Å². The fourth-order valence-corrected chi connectivity index (χ4v) is 5.06. The summed E-state index contributed by atoms with van der Waals surface area (Å²) in [6.45, 7) is 8.73. The fourth-order valence-electron chi connectivity index (χ4n) is 3.58. The second-order valence-corrected chi connectivity index (χ2v) is 9.79. The lowest BCUT2D eigenvalue weighted by atomic mass is 10.0. The van der Waals surface area contributed by atoms with E-state index in [1.54, 1.807) is 26.0 Å². The van der Waals surface area contributed by atoms with Crippen molar-refractivity contribution in [2.24, 2.45) is 0 Å². The topological polar surface area (TPSA) is 69.7 Å². The first-order valence-electron chi connectivity index (χ1n) is 10.8. The maximum atomic E-state index is 13.0. The third kappa shape index (κ3) is 5.93. The average Bonchev–Trinajstić information content (AvgIpc) is 2.74. The van der Waals surface area contributed by atoms with Crippen molar-refractivity contribution >= 4 is 15.9 Å². The maximum Gasteiger partial charge on any atom is 0.251 e. The normalized spacial score (nSPS) is 12.9. The third-order valence-corrected chi connectivity index (χ3v) is 7.69. The molecule has 0 spiro atoms. The predicted octanol–water partition coefficient (Wildman–Crippen LogP) is 3.62. The van der Waals surface area contributed by atoms with Crippen LogP contribution in [0.15, 0.2) is 47.4 Å². The molecule has 0 heterocycles. The first-order chi connectivity index (χ1) is 14.6. The fraction of sp³-hybridized carbons (Fsp3) is 0.458. The minimum absolute atomic E-state index is 0.0118. The van der Waals surface area contributed by atoms with Gasteiger partial charge in [-0.15, -0.1) is 0 Å². The van der Waals surface area contributed by atoms with Crippen LogP contribution in [0.2, 0.25) is 0 Å². The summed E-state index contributed by atoms with van der Waals surface area (Å²) in [5.74, 6) is -0.272. The number of sulfonamides is 1. The van der Waals surface area contributed by atoms with Crippen LogP contribution >= 0.6 is 0 Å². The van der Waals surface area contributed by atoms with Gasteiger partial charge in [-0.25, -0.2) is 8.42 Å². The second kappa shape index (κ2) is 10.9. The number of hydrogen-bond donors (Lipinski definition) is 1. The monoisotopic (exact) mass is 445 g/mol. The van der Waals surface area contributed by atoms with Crippen LogP contribution in [0.1, 0.15) is 53.9 Å². The lowest BCUT2D eigenvalue weighted by Crippen LogP contribution is -2.35. The molecule has 6 nitrogen and oxygen atoms in total. The van der Waals surface area contributed by atoms with Gasteiger partial charge in [-0.2, -0.15) is 4.31 Å². The Morgan fingerprint density at radius 2 is 1.61 bits per heavy atom. The highest BCUT2D eigenvalue weighted by Gasteiger charge is 2.24. The molecule has 0 radical (unpaired) electrons. The van der Waals surface area contributed by atoms with Gasteiger partial charge in [0.25, 0.3) is 5.91 Å². The molecule has 31 heavy (non-hydrogen) atoms. The summed E-state index contributed by atoms with van der Waals surface area (Å²) in [5.41, 5.74) is 3.51. The van der Waals surface area contributed by atoms with Gasteiger partial charge in [-0.1, -0.05) is 51.1 Å². The van der Waals surface area contributed by atoms with Gasteiger partial charge in [0.1, 0.15) is 0 Å². The van der Waals surface area contributed by atoms with Crippen LogP contribution in [0.3, 0.4) is 0 Å². The van der Waals surface area contributed by atoms with Crippen LogP contribution in [0, 0.1) is 6.92 Å². The summed E-state index contributed by atoms with van der Waals surface area (Å²) >= 11 is 0. The summed E-state index contributed by atoms with van der Waals surface area (Å²) in [6, 6.07) is 13.2. The molecule has 1 amide bonds. The SMILES string of the molecule is CCc1ccc(C(CNC(=O)c2cc(S(=O)(=O)N(CC)CC)ccc2C)N(C)C)cc1. The molecule has 0 aliphatic rings. The van der Waals surface area contributed by atoms with Gasteiger partial charge < -0.3 is 10.2 Å². The molecule has 2 aromatic rings. The van der Waals surface area contributed by atoms with Crippen LogP contribution in [-0.2, 0) is 16.4 Å². The minimum atomic E-state index is -3.62. The van der Waals surface area contributed by atoms with E-state index in [1.807, 2.05) is 21.0 Å². The van der Waals surface area contributed by atoms with E-state index in [2.05, 4.69) is 41.4 Å². The van der Waals surface area contributed by atoms with E-state index >= 15 is 0 Å². The van der Waals surface area contributed by atoms with Gasteiger partial charge in [-0.3, -0.25) is 4.79 Å². The quantitative estimate of drug-likeness (QED) is 0.606. The average molecular weight is 446 g/mol. The number of hydrogen-bond acceptors (Lipinski definition) is 4. The van der Waals surface area contributed by atoms with Crippen LogP contribution in [0.5, 0.6) is 0 Å². The van der Waals surface area contributed by atoms with Gasteiger partial charge in [0, 0.05) is 25.2 Å². The van der Waals surface area contributed by atoms with Crippen LogP contribution < -0.4 is 5.32 Å². The molecule has 0 saturated carbocycles. The summed E-state index contributed by atoms with van der Waals surface area (Å²) in [7, 11) is 0.335. The van der Waals surface area contributed by atoms with E-state index in [4.69, 9.17) is 0 Å². The van der Waals surface area contributed by atoms with Gasteiger partial charge in [0.15, 0.2) is 0 Å². The summed E-state index contributed by atoms with van der Waals surface area (Å²) in [6.07, 6.45) is 0.982. The third-order valence-electron chi connectivity index (χ3n) is 5.65. The van der Waals surface area contributed by atoms with Gasteiger partial charge >= 0.3 is 0 Å². The number of benzene rings is 2. The van der Waals surface area contributed by atoms with Crippen LogP contribution in [-0.4, -0.2) is 57.3 Å². The van der Waals surface area contributed by atoms with Crippen molar-refractivity contribution < 1.29 is 13.2 Å². The van der Waals surface area contributed by atoms with Crippen LogP contribution in [0.4, 0.5) is 0 Å². The highest BCUT2D eigenvalue weighted by Crippen LogP contribution is 2.21. The summed E-state index contributed by atoms with van der Waals surface area (Å²) in [5, 5.41) is 3.00. The molecule has 170 valence electrons. The second-order valence-electron chi connectivity index (χ2n) is 7.85. The van der Waals surface area contributed by atoms with Crippen molar-refractivity contribution in [2.45, 2.75) is 45.1 Å². The Labute approximate surface area is 187 Å². The molecule has 0 fully saturated rings. The zero-order valence-corrected chi connectivity index (χ0v) is 20.3. The maximum absolute atomic E-state index is 13.0. The first-order valence-corrected chi connectivity index (χ1v) is 12.2. The highest BCUT2D eigenvalue weighted by molar-refractivity contribution is 7.89. The molecule has 0 aliphatic heterocycles. The molecule has 7 heteroatoms. The Hall–Kier alpha value is -2.22. The number of amides is 1. The molecule has 2 rings (SSSR count). The molecule has 0 bridgehead atoms. The molecular weight excluding hydrogens is 410 g/mol. The molecule has 2 aromatic carbocycles. The molecule has 0 aliphatic carbocycles. The van der Waals surface area contributed by atoms with E-state index in [0.29, 0.717) is 25.2 Å². The van der Waals surface area contributed by atoms with Crippen molar-refractivity contribution in [1.29, 1.82) is 0 Å². The smallest absolute Gasteiger partial charge is 0.251 e. The zero-order valence-electron chi connectivity index (χ0n) is 19.5. The Morgan fingerprint density at radius 1 is 1.00 bits per heavy atom. The van der Waals surface area contributed by atoms with Gasteiger partial charge in [0.05, 0.1) is 10.9 Å². The zero-order chi connectivity index (χ0) is 23.2. The molecule has 1 atom stereocenters. The van der Waals surface area contributed by atoms with E-state index in [-0.39, 0.29) is 16.8 Å². The molecule has 0 aromatic heterocycles. The molecule has 1 N–H and O–H groups in total. The number of aryl methyl sites for hydroxylation is 2. The summed E-state index contributed by atoms with van der Waals surface area (Å²) < 4.78 is 27.1. The molecular formula is C24H35N3O3S. The Morgan fingerprint density at radius 3 is 2.13 bits per heavy atom. The number of likely N-dealkylation sites (N-methyl/N-ethyl adjacent to an activating group) is 1. The lowest BCUT2D eigenvalue weighted by Gasteiger charge is -2.25. The Bertz CT molecular complexity index is 982. The van der Waals surface area contributed by atoms with E-state index in [1.165, 1.54) is 15.9 Å². The Kier molecular flexibility index (Phi) is 8.79. The Balaban J connectivity index is 2.24. The molecule has 1 unspecified atom stereocenters. The van der Waals surface area contributed by atoms with Crippen molar-refractivity contribution in [2.75, 3.05) is 33.7 Å².